The molecule has 0 aliphatic heterocycles. The molecule has 5 heteroatoms. The Balaban J connectivity index is 1.73. The second-order valence-electron chi connectivity index (χ2n) is 7.35. The lowest BCUT2D eigenvalue weighted by Crippen LogP contribution is -2.25. The van der Waals surface area contributed by atoms with E-state index in [4.69, 9.17) is 0 Å². The van der Waals surface area contributed by atoms with Gasteiger partial charge in [-0.3, -0.25) is 9.36 Å². The molecule has 0 atom stereocenters. The Bertz CT molecular complexity index is 943. The number of fused-ring (bicyclic) bond motifs is 1. The van der Waals surface area contributed by atoms with Gasteiger partial charge in [0.2, 0.25) is 0 Å². The standard InChI is InChI=1S/C20H24N4O/c1-14-8-15(2)10-17(9-14)24-19-18(11-22-24)20(25)23(13-21-19)12-16-6-4-3-5-7-16/h8-11,13,16H,3-7,12H2,1-2H3. The zero-order chi connectivity index (χ0) is 17.4. The van der Waals surface area contributed by atoms with E-state index in [2.05, 4.69) is 42.1 Å². The van der Waals surface area contributed by atoms with Crippen LogP contribution < -0.4 is 5.56 Å². The molecule has 0 bridgehead atoms. The van der Waals surface area contributed by atoms with Crippen LogP contribution in [0.2, 0.25) is 0 Å². The van der Waals surface area contributed by atoms with Crippen LogP contribution in [0.3, 0.4) is 0 Å². The van der Waals surface area contributed by atoms with Crippen molar-refractivity contribution < 1.29 is 0 Å². The van der Waals surface area contributed by atoms with Gasteiger partial charge in [-0.1, -0.05) is 25.3 Å². The summed E-state index contributed by atoms with van der Waals surface area (Å²) in [4.78, 5) is 17.4. The van der Waals surface area contributed by atoms with Gasteiger partial charge >= 0.3 is 0 Å². The van der Waals surface area contributed by atoms with Crippen molar-refractivity contribution in [3.05, 3.63) is 52.2 Å². The van der Waals surface area contributed by atoms with Crippen molar-refractivity contribution >= 4 is 11.0 Å². The second kappa shape index (κ2) is 6.47. The summed E-state index contributed by atoms with van der Waals surface area (Å²) in [7, 11) is 0. The summed E-state index contributed by atoms with van der Waals surface area (Å²) in [5, 5.41) is 5.03. The Morgan fingerprint density at radius 1 is 1.08 bits per heavy atom. The number of hydrogen-bond donors (Lipinski definition) is 0. The largest absolute Gasteiger partial charge is 0.298 e. The number of nitrogens with zero attached hydrogens (tertiary/aromatic N) is 4. The first-order chi connectivity index (χ1) is 12.1. The third kappa shape index (κ3) is 3.11. The van der Waals surface area contributed by atoms with Gasteiger partial charge in [-0.25, -0.2) is 9.67 Å². The van der Waals surface area contributed by atoms with Gasteiger partial charge in [0.15, 0.2) is 5.65 Å². The van der Waals surface area contributed by atoms with Gasteiger partial charge in [0, 0.05) is 6.54 Å². The molecule has 0 saturated heterocycles. The van der Waals surface area contributed by atoms with E-state index in [9.17, 15) is 4.79 Å². The number of hydrogen-bond acceptors (Lipinski definition) is 3. The molecule has 4 rings (SSSR count). The molecule has 25 heavy (non-hydrogen) atoms. The molecule has 1 aliphatic carbocycles. The van der Waals surface area contributed by atoms with Crippen LogP contribution in [0.5, 0.6) is 0 Å². The van der Waals surface area contributed by atoms with Gasteiger partial charge in [-0.15, -0.1) is 0 Å². The highest BCUT2D eigenvalue weighted by atomic mass is 16.1. The molecule has 1 aromatic carbocycles. The molecule has 2 aromatic heterocycles. The van der Waals surface area contributed by atoms with Gasteiger partial charge in [0.25, 0.3) is 5.56 Å². The van der Waals surface area contributed by atoms with Crippen LogP contribution in [0.25, 0.3) is 16.7 Å². The molecule has 0 unspecified atom stereocenters. The lowest BCUT2D eigenvalue weighted by molar-refractivity contribution is 0.315. The first-order valence-corrected chi connectivity index (χ1v) is 9.13. The molecule has 1 saturated carbocycles. The third-order valence-electron chi connectivity index (χ3n) is 5.19. The molecule has 1 fully saturated rings. The van der Waals surface area contributed by atoms with E-state index in [1.54, 1.807) is 21.8 Å². The predicted octanol–water partition coefficient (Wildman–Crippen LogP) is 3.78. The fourth-order valence-electron chi connectivity index (χ4n) is 3.99. The predicted molar refractivity (Wildman–Crippen MR) is 99.2 cm³/mol. The van der Waals surface area contributed by atoms with E-state index in [1.165, 1.54) is 43.2 Å². The molecule has 130 valence electrons. The van der Waals surface area contributed by atoms with Crippen molar-refractivity contribution in [3.8, 4) is 5.69 Å². The first kappa shape index (κ1) is 16.1. The van der Waals surface area contributed by atoms with Crippen LogP contribution in [0, 0.1) is 19.8 Å². The topological polar surface area (TPSA) is 52.7 Å². The maximum atomic E-state index is 12.9. The average Bonchev–Trinajstić information content (AvgIpc) is 3.02. The van der Waals surface area contributed by atoms with E-state index in [-0.39, 0.29) is 5.56 Å². The van der Waals surface area contributed by atoms with Crippen molar-refractivity contribution in [3.63, 3.8) is 0 Å². The van der Waals surface area contributed by atoms with Gasteiger partial charge in [0.05, 0.1) is 18.2 Å². The summed E-state index contributed by atoms with van der Waals surface area (Å²) in [5.41, 5.74) is 3.94. The highest BCUT2D eigenvalue weighted by Crippen LogP contribution is 2.25. The fraction of sp³-hybridized carbons (Fsp3) is 0.450. The minimum Gasteiger partial charge on any atom is -0.298 e. The minimum atomic E-state index is 0.0196. The van der Waals surface area contributed by atoms with Crippen molar-refractivity contribution in [2.45, 2.75) is 52.5 Å². The summed E-state index contributed by atoms with van der Waals surface area (Å²) < 4.78 is 3.54. The molecule has 5 nitrogen and oxygen atoms in total. The van der Waals surface area contributed by atoms with E-state index >= 15 is 0 Å². The Morgan fingerprint density at radius 3 is 2.52 bits per heavy atom. The van der Waals surface area contributed by atoms with Crippen molar-refractivity contribution in [2.24, 2.45) is 5.92 Å². The minimum absolute atomic E-state index is 0.0196. The average molecular weight is 336 g/mol. The quantitative estimate of drug-likeness (QED) is 0.731. The summed E-state index contributed by atoms with van der Waals surface area (Å²) in [5.74, 6) is 0.597. The van der Waals surface area contributed by atoms with Crippen LogP contribution in [0.1, 0.15) is 43.2 Å². The molecular weight excluding hydrogens is 312 g/mol. The molecule has 0 N–H and O–H groups in total. The lowest BCUT2D eigenvalue weighted by atomic mass is 9.89. The van der Waals surface area contributed by atoms with Gasteiger partial charge in [-0.05, 0) is 55.9 Å². The van der Waals surface area contributed by atoms with E-state index in [0.717, 1.165) is 12.2 Å². The highest BCUT2D eigenvalue weighted by Gasteiger charge is 2.17. The van der Waals surface area contributed by atoms with Gasteiger partial charge in [0.1, 0.15) is 5.39 Å². The van der Waals surface area contributed by atoms with Crippen LogP contribution in [-0.4, -0.2) is 19.3 Å². The van der Waals surface area contributed by atoms with Crippen LogP contribution in [0.4, 0.5) is 0 Å². The summed E-state index contributed by atoms with van der Waals surface area (Å²) in [6, 6.07) is 6.25. The van der Waals surface area contributed by atoms with E-state index < -0.39 is 0 Å². The molecular formula is C20H24N4O. The molecule has 0 spiro atoms. The normalized spacial score (nSPS) is 15.8. The van der Waals surface area contributed by atoms with Crippen LogP contribution in [-0.2, 0) is 6.54 Å². The molecule has 1 aliphatic rings. The number of benzene rings is 1. The maximum Gasteiger partial charge on any atom is 0.264 e. The summed E-state index contributed by atoms with van der Waals surface area (Å²) in [6.07, 6.45) is 9.66. The van der Waals surface area contributed by atoms with Crippen molar-refractivity contribution in [2.75, 3.05) is 0 Å². The monoisotopic (exact) mass is 336 g/mol. The van der Waals surface area contributed by atoms with Crippen molar-refractivity contribution in [1.82, 2.24) is 19.3 Å². The van der Waals surface area contributed by atoms with E-state index in [1.807, 2.05) is 0 Å². The first-order valence-electron chi connectivity index (χ1n) is 9.13. The van der Waals surface area contributed by atoms with Crippen molar-refractivity contribution in [1.29, 1.82) is 0 Å². The highest BCUT2D eigenvalue weighted by molar-refractivity contribution is 5.75. The Kier molecular flexibility index (Phi) is 4.15. The van der Waals surface area contributed by atoms with Gasteiger partial charge < -0.3 is 0 Å². The number of rotatable bonds is 3. The van der Waals surface area contributed by atoms with Gasteiger partial charge in [-0.2, -0.15) is 5.10 Å². The Morgan fingerprint density at radius 2 is 1.80 bits per heavy atom. The lowest BCUT2D eigenvalue weighted by Gasteiger charge is -2.22. The zero-order valence-electron chi connectivity index (χ0n) is 14.9. The number of aromatic nitrogens is 4. The molecule has 0 amide bonds. The van der Waals surface area contributed by atoms with Crippen LogP contribution >= 0.6 is 0 Å². The molecule has 0 radical (unpaired) electrons. The summed E-state index contributed by atoms with van der Waals surface area (Å²) in [6.45, 7) is 4.90. The second-order valence-corrected chi connectivity index (χ2v) is 7.35. The maximum absolute atomic E-state index is 12.9. The third-order valence-corrected chi connectivity index (χ3v) is 5.19. The van der Waals surface area contributed by atoms with Crippen LogP contribution in [0.15, 0.2) is 35.5 Å². The number of aryl methyl sites for hydroxylation is 2. The fourth-order valence-corrected chi connectivity index (χ4v) is 3.99. The Hall–Kier alpha value is -2.43. The van der Waals surface area contributed by atoms with E-state index in [0.29, 0.717) is 17.0 Å². The SMILES string of the molecule is Cc1cc(C)cc(-n2ncc3c(=O)n(CC4CCCCC4)cnc32)c1. The smallest absolute Gasteiger partial charge is 0.264 e. The summed E-state index contributed by atoms with van der Waals surface area (Å²) >= 11 is 0. The zero-order valence-corrected chi connectivity index (χ0v) is 14.9. The molecule has 2 heterocycles. The molecule has 3 aromatic rings. The Labute approximate surface area is 147 Å².